The third-order valence-corrected chi connectivity index (χ3v) is 5.04. The first-order chi connectivity index (χ1) is 11.4. The fourth-order valence-corrected chi connectivity index (χ4v) is 3.61. The lowest BCUT2D eigenvalue weighted by atomic mass is 10.1. The first-order valence-corrected chi connectivity index (χ1v) is 9.08. The Labute approximate surface area is 140 Å². The molecule has 0 aliphatic carbocycles. The summed E-state index contributed by atoms with van der Waals surface area (Å²) in [6.07, 6.45) is 1.80. The minimum absolute atomic E-state index is 0.130. The molecule has 6 nitrogen and oxygen atoms in total. The number of ether oxygens (including phenoxy) is 1. The quantitative estimate of drug-likeness (QED) is 0.891. The highest BCUT2D eigenvalue weighted by atomic mass is 32.2. The van der Waals surface area contributed by atoms with E-state index in [1.54, 1.807) is 30.3 Å². The van der Waals surface area contributed by atoms with Gasteiger partial charge in [0, 0.05) is 18.3 Å². The summed E-state index contributed by atoms with van der Waals surface area (Å²) in [7, 11) is -3.69. The van der Waals surface area contributed by atoms with E-state index in [4.69, 9.17) is 4.74 Å². The Morgan fingerprint density at radius 1 is 1.08 bits per heavy atom. The van der Waals surface area contributed by atoms with Gasteiger partial charge < -0.3 is 10.1 Å². The van der Waals surface area contributed by atoms with Crippen LogP contribution in [0.4, 0.5) is 11.4 Å². The Hall–Kier alpha value is -2.54. The molecule has 0 radical (unpaired) electrons. The van der Waals surface area contributed by atoms with E-state index in [9.17, 15) is 13.2 Å². The van der Waals surface area contributed by atoms with Gasteiger partial charge in [0.15, 0.2) is 0 Å². The van der Waals surface area contributed by atoms with Gasteiger partial charge in [0.05, 0.1) is 11.5 Å². The maximum absolute atomic E-state index is 12.5. The molecule has 1 aliphatic heterocycles. The van der Waals surface area contributed by atoms with Crippen LogP contribution in [0.15, 0.2) is 47.4 Å². The lowest BCUT2D eigenvalue weighted by Gasteiger charge is -2.18. The standard InChI is InChI=1S/C17H18N2O4S/c1-12(20)18-14-4-7-16(8-5-14)24(21,22)19-15-6-9-17-13(11-15)3-2-10-23-17/h4-9,11,19H,2-3,10H2,1H3,(H,18,20). The summed E-state index contributed by atoms with van der Waals surface area (Å²) in [5.41, 5.74) is 2.06. The lowest BCUT2D eigenvalue weighted by Crippen LogP contribution is -2.14. The first-order valence-electron chi connectivity index (χ1n) is 7.60. The van der Waals surface area contributed by atoms with Crippen molar-refractivity contribution in [2.75, 3.05) is 16.6 Å². The van der Waals surface area contributed by atoms with Gasteiger partial charge in [-0.3, -0.25) is 9.52 Å². The third-order valence-electron chi connectivity index (χ3n) is 3.65. The number of hydrogen-bond acceptors (Lipinski definition) is 4. The fourth-order valence-electron chi connectivity index (χ4n) is 2.56. The van der Waals surface area contributed by atoms with E-state index >= 15 is 0 Å². The second-order valence-corrected chi connectivity index (χ2v) is 7.27. The van der Waals surface area contributed by atoms with Crippen molar-refractivity contribution in [3.05, 3.63) is 48.0 Å². The number of hydrogen-bond donors (Lipinski definition) is 2. The van der Waals surface area contributed by atoms with Crippen molar-refractivity contribution < 1.29 is 17.9 Å². The minimum Gasteiger partial charge on any atom is -0.493 e. The van der Waals surface area contributed by atoms with Gasteiger partial charge >= 0.3 is 0 Å². The van der Waals surface area contributed by atoms with Gasteiger partial charge in [-0.15, -0.1) is 0 Å². The van der Waals surface area contributed by atoms with Gasteiger partial charge in [-0.05, 0) is 60.9 Å². The van der Waals surface area contributed by atoms with Crippen LogP contribution in [-0.2, 0) is 21.2 Å². The van der Waals surface area contributed by atoms with Crippen LogP contribution < -0.4 is 14.8 Å². The minimum atomic E-state index is -3.69. The number of carbonyl (C=O) groups is 1. The van der Waals surface area contributed by atoms with Crippen LogP contribution in [0.5, 0.6) is 5.75 Å². The van der Waals surface area contributed by atoms with Crippen LogP contribution in [0.25, 0.3) is 0 Å². The molecule has 24 heavy (non-hydrogen) atoms. The van der Waals surface area contributed by atoms with Gasteiger partial charge in [-0.25, -0.2) is 8.42 Å². The van der Waals surface area contributed by atoms with Crippen LogP contribution >= 0.6 is 0 Å². The molecule has 0 saturated heterocycles. The molecule has 1 amide bonds. The Balaban J connectivity index is 1.79. The summed E-state index contributed by atoms with van der Waals surface area (Å²) in [6, 6.07) is 11.3. The Kier molecular flexibility index (Phi) is 4.44. The zero-order chi connectivity index (χ0) is 17.2. The molecule has 126 valence electrons. The average molecular weight is 346 g/mol. The van der Waals surface area contributed by atoms with E-state index < -0.39 is 10.0 Å². The van der Waals surface area contributed by atoms with E-state index in [2.05, 4.69) is 10.0 Å². The molecule has 0 spiro atoms. The van der Waals surface area contributed by atoms with Crippen molar-refractivity contribution in [2.45, 2.75) is 24.7 Å². The number of nitrogens with one attached hydrogen (secondary N) is 2. The Morgan fingerprint density at radius 2 is 1.79 bits per heavy atom. The molecule has 2 N–H and O–H groups in total. The van der Waals surface area contributed by atoms with Crippen LogP contribution in [0.3, 0.4) is 0 Å². The summed E-state index contributed by atoms with van der Waals surface area (Å²) >= 11 is 0. The molecular weight excluding hydrogens is 328 g/mol. The SMILES string of the molecule is CC(=O)Nc1ccc(S(=O)(=O)Nc2ccc3c(c2)CCCO3)cc1. The molecule has 0 fully saturated rings. The highest BCUT2D eigenvalue weighted by Gasteiger charge is 2.16. The lowest BCUT2D eigenvalue weighted by molar-refractivity contribution is -0.114. The number of aryl methyl sites for hydroxylation is 1. The predicted octanol–water partition coefficient (Wildman–Crippen LogP) is 2.77. The molecule has 0 atom stereocenters. The molecule has 0 saturated carbocycles. The van der Waals surface area contributed by atoms with Crippen molar-refractivity contribution in [3.8, 4) is 5.75 Å². The highest BCUT2D eigenvalue weighted by molar-refractivity contribution is 7.92. The van der Waals surface area contributed by atoms with E-state index in [0.29, 0.717) is 18.0 Å². The molecule has 2 aromatic carbocycles. The smallest absolute Gasteiger partial charge is 0.261 e. The zero-order valence-electron chi connectivity index (χ0n) is 13.2. The maximum Gasteiger partial charge on any atom is 0.261 e. The number of rotatable bonds is 4. The summed E-state index contributed by atoms with van der Waals surface area (Å²) < 4.78 is 33.0. The zero-order valence-corrected chi connectivity index (χ0v) is 14.0. The molecule has 7 heteroatoms. The number of amides is 1. The summed E-state index contributed by atoms with van der Waals surface area (Å²) in [5.74, 6) is 0.601. The van der Waals surface area contributed by atoms with E-state index in [0.717, 1.165) is 24.2 Å². The van der Waals surface area contributed by atoms with Gasteiger partial charge in [0.2, 0.25) is 5.91 Å². The summed E-state index contributed by atoms with van der Waals surface area (Å²) in [6.45, 7) is 2.09. The normalized spacial score (nSPS) is 13.5. The second kappa shape index (κ2) is 6.52. The molecule has 2 aromatic rings. The van der Waals surface area contributed by atoms with Crippen LogP contribution in [0, 0.1) is 0 Å². The van der Waals surface area contributed by atoms with Crippen molar-refractivity contribution >= 4 is 27.3 Å². The molecule has 0 unspecified atom stereocenters. The number of anilines is 2. The summed E-state index contributed by atoms with van der Waals surface area (Å²) in [4.78, 5) is 11.1. The summed E-state index contributed by atoms with van der Waals surface area (Å²) in [5, 5.41) is 2.60. The number of carbonyl (C=O) groups excluding carboxylic acids is 1. The highest BCUT2D eigenvalue weighted by Crippen LogP contribution is 2.28. The molecule has 3 rings (SSSR count). The molecule has 1 aliphatic rings. The van der Waals surface area contributed by atoms with Crippen LogP contribution in [0.1, 0.15) is 18.9 Å². The third kappa shape index (κ3) is 3.68. The van der Waals surface area contributed by atoms with Crippen LogP contribution in [-0.4, -0.2) is 20.9 Å². The maximum atomic E-state index is 12.5. The van der Waals surface area contributed by atoms with E-state index in [-0.39, 0.29) is 10.8 Å². The van der Waals surface area contributed by atoms with Gasteiger partial charge in [-0.1, -0.05) is 0 Å². The average Bonchev–Trinajstić information content (AvgIpc) is 2.54. The first kappa shape index (κ1) is 16.3. The molecule has 1 heterocycles. The number of benzene rings is 2. The largest absolute Gasteiger partial charge is 0.493 e. The monoisotopic (exact) mass is 346 g/mol. The predicted molar refractivity (Wildman–Crippen MR) is 91.8 cm³/mol. The van der Waals surface area contributed by atoms with Crippen molar-refractivity contribution in [3.63, 3.8) is 0 Å². The molecule has 0 aromatic heterocycles. The second-order valence-electron chi connectivity index (χ2n) is 5.59. The Bertz CT molecular complexity index is 861. The van der Waals surface area contributed by atoms with Crippen molar-refractivity contribution in [2.24, 2.45) is 0 Å². The molecule has 0 bridgehead atoms. The molecular formula is C17H18N2O4S. The van der Waals surface area contributed by atoms with Gasteiger partial charge in [-0.2, -0.15) is 0 Å². The number of sulfonamides is 1. The number of fused-ring (bicyclic) bond motifs is 1. The van der Waals surface area contributed by atoms with E-state index in [1.807, 2.05) is 0 Å². The fraction of sp³-hybridized carbons (Fsp3) is 0.235. The van der Waals surface area contributed by atoms with Crippen molar-refractivity contribution in [1.82, 2.24) is 0 Å². The van der Waals surface area contributed by atoms with Crippen LogP contribution in [0.2, 0.25) is 0 Å². The van der Waals surface area contributed by atoms with Crippen molar-refractivity contribution in [1.29, 1.82) is 0 Å². The van der Waals surface area contributed by atoms with E-state index in [1.165, 1.54) is 19.1 Å². The van der Waals surface area contributed by atoms with Gasteiger partial charge in [0.1, 0.15) is 5.75 Å². The Morgan fingerprint density at radius 3 is 2.50 bits per heavy atom. The van der Waals surface area contributed by atoms with Gasteiger partial charge in [0.25, 0.3) is 10.0 Å². The topological polar surface area (TPSA) is 84.5 Å².